The van der Waals surface area contributed by atoms with Gasteiger partial charge < -0.3 is 19.7 Å². The summed E-state index contributed by atoms with van der Waals surface area (Å²) < 4.78 is 52.1. The number of carbonyl (C=O) groups is 1. The normalized spacial score (nSPS) is 17.6. The number of nitrogens with zero attached hydrogens (tertiary/aromatic N) is 2. The van der Waals surface area contributed by atoms with E-state index in [0.717, 1.165) is 31.6 Å². The molecule has 2 saturated heterocycles. The highest BCUT2D eigenvalue weighted by atomic mass is 32.2. The van der Waals surface area contributed by atoms with E-state index >= 15 is 0 Å². The minimum atomic E-state index is -3.73. The van der Waals surface area contributed by atoms with E-state index in [1.807, 2.05) is 0 Å². The van der Waals surface area contributed by atoms with Crippen LogP contribution in [0.25, 0.3) is 0 Å². The van der Waals surface area contributed by atoms with Crippen LogP contribution in [-0.2, 0) is 19.6 Å². The van der Waals surface area contributed by atoms with Gasteiger partial charge in [0.1, 0.15) is 11.6 Å². The minimum Gasteiger partial charge on any atom is -0.478 e. The third kappa shape index (κ3) is 5.34. The summed E-state index contributed by atoms with van der Waals surface area (Å²) in [6.07, 6.45) is 2.06. The minimum absolute atomic E-state index is 0.116. The van der Waals surface area contributed by atoms with E-state index < -0.39 is 27.3 Å². The number of hydrogen-bond acceptors (Lipinski definition) is 6. The van der Waals surface area contributed by atoms with Crippen molar-refractivity contribution in [3.05, 3.63) is 48.3 Å². The lowest BCUT2D eigenvalue weighted by Crippen LogP contribution is -2.43. The van der Waals surface area contributed by atoms with Crippen LogP contribution in [0.4, 0.5) is 15.8 Å². The number of carbonyl (C=O) groups excluding carboxylic acids is 1. The van der Waals surface area contributed by atoms with Gasteiger partial charge in [-0.3, -0.25) is 4.79 Å². The molecule has 2 aliphatic rings. The van der Waals surface area contributed by atoms with E-state index in [9.17, 15) is 17.6 Å². The summed E-state index contributed by atoms with van der Waals surface area (Å²) in [5, 5.41) is 2.89. The highest BCUT2D eigenvalue weighted by Crippen LogP contribution is 2.33. The summed E-state index contributed by atoms with van der Waals surface area (Å²) in [4.78, 5) is 15.5. The molecule has 2 aromatic rings. The van der Waals surface area contributed by atoms with Gasteiger partial charge in [-0.15, -0.1) is 0 Å². The van der Waals surface area contributed by atoms with Crippen molar-refractivity contribution in [2.45, 2.75) is 37.2 Å². The van der Waals surface area contributed by atoms with E-state index in [0.29, 0.717) is 24.7 Å². The van der Waals surface area contributed by atoms with Crippen LogP contribution in [0, 0.1) is 5.82 Å². The van der Waals surface area contributed by atoms with Crippen molar-refractivity contribution in [1.29, 1.82) is 0 Å². The molecule has 2 heterocycles. The van der Waals surface area contributed by atoms with Gasteiger partial charge in [0.25, 0.3) is 5.91 Å². The first-order valence-electron chi connectivity index (χ1n) is 11.4. The lowest BCUT2D eigenvalue weighted by atomic mass is 10.1. The topological polar surface area (TPSA) is 88.2 Å². The lowest BCUT2D eigenvalue weighted by molar-refractivity contribution is -0.128. The Labute approximate surface area is 199 Å². The van der Waals surface area contributed by atoms with Crippen LogP contribution in [0.2, 0.25) is 0 Å². The number of anilines is 2. The molecule has 4 rings (SSSR count). The summed E-state index contributed by atoms with van der Waals surface area (Å²) in [7, 11) is -3.73. The first-order valence-corrected chi connectivity index (χ1v) is 12.8. The Bertz CT molecular complexity index is 1130. The summed E-state index contributed by atoms with van der Waals surface area (Å²) in [5.74, 6) is -0.494. The van der Waals surface area contributed by atoms with Gasteiger partial charge in [0.05, 0.1) is 29.5 Å². The molecule has 0 radical (unpaired) electrons. The molecular formula is C24H30FN3O5S. The molecule has 34 heavy (non-hydrogen) atoms. The number of nitrogens with one attached hydrogen (secondary N) is 1. The van der Waals surface area contributed by atoms with Gasteiger partial charge >= 0.3 is 0 Å². The number of halogens is 1. The van der Waals surface area contributed by atoms with E-state index in [-0.39, 0.29) is 18.0 Å². The fraction of sp³-hybridized carbons (Fsp3) is 0.458. The number of benzene rings is 2. The highest BCUT2D eigenvalue weighted by molar-refractivity contribution is 7.89. The van der Waals surface area contributed by atoms with Gasteiger partial charge in [-0.05, 0) is 69.2 Å². The van der Waals surface area contributed by atoms with Crippen molar-refractivity contribution in [2.75, 3.05) is 49.6 Å². The summed E-state index contributed by atoms with van der Waals surface area (Å²) >= 11 is 0. The zero-order chi connectivity index (χ0) is 24.3. The fourth-order valence-electron chi connectivity index (χ4n) is 4.06. The van der Waals surface area contributed by atoms with Crippen molar-refractivity contribution in [1.82, 2.24) is 4.31 Å². The second-order valence-electron chi connectivity index (χ2n) is 8.91. The third-order valence-corrected chi connectivity index (χ3v) is 7.90. The predicted molar refractivity (Wildman–Crippen MR) is 127 cm³/mol. The SMILES string of the molecule is CC(C)(Oc1ccc(F)cc1)C(=O)Nc1cc(S(=O)(=O)N2CCOCC2)ccc1N1CCCC1. The maximum atomic E-state index is 13.2. The predicted octanol–water partition coefficient (Wildman–Crippen LogP) is 3.24. The van der Waals surface area contributed by atoms with Crippen molar-refractivity contribution in [3.63, 3.8) is 0 Å². The van der Waals surface area contributed by atoms with Crippen LogP contribution >= 0.6 is 0 Å². The molecule has 8 nitrogen and oxygen atoms in total. The Hall–Kier alpha value is -2.69. The highest BCUT2D eigenvalue weighted by Gasteiger charge is 2.33. The molecule has 184 valence electrons. The third-order valence-electron chi connectivity index (χ3n) is 6.00. The monoisotopic (exact) mass is 491 g/mol. The van der Waals surface area contributed by atoms with E-state index in [1.54, 1.807) is 26.0 Å². The van der Waals surface area contributed by atoms with Crippen LogP contribution in [0.3, 0.4) is 0 Å². The number of morpholine rings is 1. The van der Waals surface area contributed by atoms with Gasteiger partial charge in [0.15, 0.2) is 5.60 Å². The maximum Gasteiger partial charge on any atom is 0.268 e. The van der Waals surface area contributed by atoms with Crippen LogP contribution in [0.1, 0.15) is 26.7 Å². The lowest BCUT2D eigenvalue weighted by Gasteiger charge is -2.29. The molecule has 0 aliphatic carbocycles. The molecule has 0 spiro atoms. The molecule has 0 bridgehead atoms. The molecule has 0 aromatic heterocycles. The van der Waals surface area contributed by atoms with E-state index in [1.165, 1.54) is 34.6 Å². The smallest absolute Gasteiger partial charge is 0.268 e. The Morgan fingerprint density at radius 2 is 1.68 bits per heavy atom. The standard InChI is InChI=1S/C24H30FN3O5S/c1-24(2,33-19-7-5-18(25)6-8-19)23(29)26-21-17-20(9-10-22(21)27-11-3-4-12-27)34(30,31)28-13-15-32-16-14-28/h5-10,17H,3-4,11-16H2,1-2H3,(H,26,29). The Balaban J connectivity index is 1.62. The largest absolute Gasteiger partial charge is 0.478 e. The van der Waals surface area contributed by atoms with Crippen molar-refractivity contribution < 1.29 is 27.1 Å². The average molecular weight is 492 g/mol. The number of ether oxygens (including phenoxy) is 2. The molecule has 2 aliphatic heterocycles. The van der Waals surface area contributed by atoms with Crippen LogP contribution in [-0.4, -0.2) is 63.6 Å². The number of amides is 1. The van der Waals surface area contributed by atoms with Crippen molar-refractivity contribution in [2.24, 2.45) is 0 Å². The quantitative estimate of drug-likeness (QED) is 0.640. The fourth-order valence-corrected chi connectivity index (χ4v) is 5.50. The Morgan fingerprint density at radius 3 is 2.32 bits per heavy atom. The zero-order valence-electron chi connectivity index (χ0n) is 19.4. The van der Waals surface area contributed by atoms with E-state index in [4.69, 9.17) is 9.47 Å². The molecule has 1 amide bonds. The Kier molecular flexibility index (Phi) is 7.11. The summed E-state index contributed by atoms with van der Waals surface area (Å²) in [6, 6.07) is 10.3. The first-order chi connectivity index (χ1) is 16.2. The van der Waals surface area contributed by atoms with Gasteiger partial charge in [-0.25, -0.2) is 12.8 Å². The molecule has 2 aromatic carbocycles. The van der Waals surface area contributed by atoms with Crippen LogP contribution in [0.15, 0.2) is 47.4 Å². The Morgan fingerprint density at radius 1 is 1.03 bits per heavy atom. The zero-order valence-corrected chi connectivity index (χ0v) is 20.2. The first kappa shape index (κ1) is 24.4. The van der Waals surface area contributed by atoms with Crippen LogP contribution in [0.5, 0.6) is 5.75 Å². The molecule has 10 heteroatoms. The second-order valence-corrected chi connectivity index (χ2v) is 10.8. The van der Waals surface area contributed by atoms with Crippen LogP contribution < -0.4 is 15.0 Å². The molecule has 1 N–H and O–H groups in total. The molecule has 0 unspecified atom stereocenters. The van der Waals surface area contributed by atoms with Crippen molar-refractivity contribution >= 4 is 27.3 Å². The van der Waals surface area contributed by atoms with Gasteiger partial charge in [0.2, 0.25) is 10.0 Å². The van der Waals surface area contributed by atoms with Gasteiger partial charge in [-0.1, -0.05) is 0 Å². The maximum absolute atomic E-state index is 13.2. The summed E-state index contributed by atoms with van der Waals surface area (Å²) in [6.45, 7) is 6.15. The second kappa shape index (κ2) is 9.89. The number of rotatable bonds is 7. The van der Waals surface area contributed by atoms with Gasteiger partial charge in [-0.2, -0.15) is 4.31 Å². The molecule has 2 fully saturated rings. The average Bonchev–Trinajstić information content (AvgIpc) is 3.36. The van der Waals surface area contributed by atoms with E-state index in [2.05, 4.69) is 10.2 Å². The molecular weight excluding hydrogens is 461 g/mol. The number of sulfonamides is 1. The number of hydrogen-bond donors (Lipinski definition) is 1. The molecule has 0 atom stereocenters. The van der Waals surface area contributed by atoms with Crippen molar-refractivity contribution in [3.8, 4) is 5.75 Å². The molecule has 0 saturated carbocycles. The summed E-state index contributed by atoms with van der Waals surface area (Å²) in [5.41, 5.74) is -0.111. The van der Waals surface area contributed by atoms with Gasteiger partial charge in [0, 0.05) is 26.2 Å².